The Balaban J connectivity index is 1.72. The molecule has 1 aromatic heterocycles. The zero-order valence-corrected chi connectivity index (χ0v) is 19.3. The molecule has 0 saturated carbocycles. The first kappa shape index (κ1) is 21.4. The number of carbonyl (C=O) groups excluding carboxylic acids is 1. The highest BCUT2D eigenvalue weighted by Crippen LogP contribution is 2.34. The van der Waals surface area contributed by atoms with Crippen LogP contribution >= 0.6 is 38.5 Å². The van der Waals surface area contributed by atoms with E-state index in [4.69, 9.17) is 13.9 Å². The maximum atomic E-state index is 11.9. The van der Waals surface area contributed by atoms with E-state index < -0.39 is 5.91 Å². The molecule has 150 valence electrons. The molecule has 0 fully saturated rings. The molecule has 8 heteroatoms. The summed E-state index contributed by atoms with van der Waals surface area (Å²) in [6, 6.07) is 14.9. The summed E-state index contributed by atoms with van der Waals surface area (Å²) in [4.78, 5) is 11.9. The number of furan rings is 1. The quantitative estimate of drug-likeness (QED) is 0.225. The summed E-state index contributed by atoms with van der Waals surface area (Å²) < 4.78 is 18.7. The highest BCUT2D eigenvalue weighted by molar-refractivity contribution is 14.1. The maximum absolute atomic E-state index is 11.9. The van der Waals surface area contributed by atoms with Crippen LogP contribution in [0.2, 0.25) is 0 Å². The molecule has 0 radical (unpaired) electrons. The van der Waals surface area contributed by atoms with Crippen molar-refractivity contribution in [3.05, 3.63) is 79.7 Å². The average molecular weight is 569 g/mol. The van der Waals surface area contributed by atoms with Crippen molar-refractivity contribution in [3.8, 4) is 11.5 Å². The number of amides is 1. The van der Waals surface area contributed by atoms with Crippen LogP contribution in [0.3, 0.4) is 0 Å². The third-order valence-corrected chi connectivity index (χ3v) is 5.08. The van der Waals surface area contributed by atoms with Crippen molar-refractivity contribution in [2.45, 2.75) is 13.5 Å². The summed E-state index contributed by atoms with van der Waals surface area (Å²) in [5.74, 6) is 1.08. The van der Waals surface area contributed by atoms with E-state index in [1.165, 1.54) is 6.26 Å². The van der Waals surface area contributed by atoms with Gasteiger partial charge >= 0.3 is 5.91 Å². The van der Waals surface area contributed by atoms with E-state index in [1.807, 2.05) is 43.3 Å². The third-order valence-electron chi connectivity index (χ3n) is 3.75. The molecule has 0 aliphatic carbocycles. The lowest BCUT2D eigenvalue weighted by Crippen LogP contribution is -2.16. The molecule has 6 nitrogen and oxygen atoms in total. The number of hydrogen-bond donors (Lipinski definition) is 1. The summed E-state index contributed by atoms with van der Waals surface area (Å²) >= 11 is 5.62. The van der Waals surface area contributed by atoms with Gasteiger partial charge in [-0.15, -0.1) is 0 Å². The molecule has 0 unspecified atom stereocenters. The first-order chi connectivity index (χ1) is 14.1. The second kappa shape index (κ2) is 10.4. The SMILES string of the molecule is CCOc1cc(/C=N\NC(=O)c2ccco2)cc(I)c1OCc1ccc(Br)cc1. The number of rotatable bonds is 8. The Hall–Kier alpha value is -2.33. The van der Waals surface area contributed by atoms with E-state index in [0.29, 0.717) is 24.7 Å². The van der Waals surface area contributed by atoms with Crippen LogP contribution in [-0.2, 0) is 6.61 Å². The van der Waals surface area contributed by atoms with Gasteiger partial charge in [0.25, 0.3) is 0 Å². The Bertz CT molecular complexity index is 989. The highest BCUT2D eigenvalue weighted by atomic mass is 127. The Kier molecular flexibility index (Phi) is 7.70. The van der Waals surface area contributed by atoms with Gasteiger partial charge in [-0.25, -0.2) is 5.43 Å². The molecule has 1 heterocycles. The normalized spacial score (nSPS) is 10.9. The van der Waals surface area contributed by atoms with Crippen molar-refractivity contribution < 1.29 is 18.7 Å². The van der Waals surface area contributed by atoms with Crippen LogP contribution in [-0.4, -0.2) is 18.7 Å². The van der Waals surface area contributed by atoms with Gasteiger partial charge in [0.2, 0.25) is 0 Å². The first-order valence-corrected chi connectivity index (χ1v) is 10.6. The number of hydrazone groups is 1. The van der Waals surface area contributed by atoms with Gasteiger partial charge < -0.3 is 13.9 Å². The number of benzene rings is 2. The number of nitrogens with one attached hydrogen (secondary N) is 1. The van der Waals surface area contributed by atoms with Crippen molar-refractivity contribution in [2.75, 3.05) is 6.61 Å². The van der Waals surface area contributed by atoms with Gasteiger partial charge in [-0.05, 0) is 77.0 Å². The van der Waals surface area contributed by atoms with Gasteiger partial charge in [-0.1, -0.05) is 28.1 Å². The minimum atomic E-state index is -0.416. The fourth-order valence-electron chi connectivity index (χ4n) is 2.43. The van der Waals surface area contributed by atoms with E-state index in [2.05, 4.69) is 49.0 Å². The summed E-state index contributed by atoms with van der Waals surface area (Å²) in [6.07, 6.45) is 2.98. The van der Waals surface area contributed by atoms with Gasteiger partial charge in [0, 0.05) is 4.47 Å². The molecule has 0 saturated heterocycles. The predicted molar refractivity (Wildman–Crippen MR) is 123 cm³/mol. The van der Waals surface area contributed by atoms with Crippen molar-refractivity contribution in [1.29, 1.82) is 0 Å². The Morgan fingerprint density at radius 1 is 1.24 bits per heavy atom. The van der Waals surface area contributed by atoms with Crippen molar-refractivity contribution in [1.82, 2.24) is 5.43 Å². The van der Waals surface area contributed by atoms with Gasteiger partial charge in [0.1, 0.15) is 6.61 Å². The van der Waals surface area contributed by atoms with E-state index in [0.717, 1.165) is 19.2 Å². The van der Waals surface area contributed by atoms with Gasteiger partial charge in [0.05, 0.1) is 22.7 Å². The minimum Gasteiger partial charge on any atom is -0.490 e. The molecular weight excluding hydrogens is 551 g/mol. The molecule has 1 N–H and O–H groups in total. The topological polar surface area (TPSA) is 73.1 Å². The fraction of sp³-hybridized carbons (Fsp3) is 0.143. The Morgan fingerprint density at radius 2 is 2.03 bits per heavy atom. The molecule has 3 aromatic rings. The molecule has 29 heavy (non-hydrogen) atoms. The fourth-order valence-corrected chi connectivity index (χ4v) is 3.48. The second-order valence-electron chi connectivity index (χ2n) is 5.85. The maximum Gasteiger partial charge on any atom is 0.307 e. The standard InChI is InChI=1S/C21H18BrIN2O4/c1-2-27-19-11-15(12-24-25-21(26)18-4-3-9-28-18)10-17(23)20(19)29-13-14-5-7-16(22)8-6-14/h3-12H,2,13H2,1H3,(H,25,26)/b24-12-. The van der Waals surface area contributed by atoms with E-state index in [1.54, 1.807) is 18.3 Å². The summed E-state index contributed by atoms with van der Waals surface area (Å²) in [5.41, 5.74) is 4.25. The van der Waals surface area contributed by atoms with E-state index >= 15 is 0 Å². The van der Waals surface area contributed by atoms with Crippen LogP contribution in [0.1, 0.15) is 28.6 Å². The first-order valence-electron chi connectivity index (χ1n) is 8.77. The largest absolute Gasteiger partial charge is 0.490 e. The number of ether oxygens (including phenoxy) is 2. The average Bonchev–Trinajstić information content (AvgIpc) is 3.24. The van der Waals surface area contributed by atoms with Gasteiger partial charge in [-0.3, -0.25) is 4.79 Å². The smallest absolute Gasteiger partial charge is 0.307 e. The summed E-state index contributed by atoms with van der Waals surface area (Å²) in [6.45, 7) is 2.84. The number of halogens is 2. The van der Waals surface area contributed by atoms with Crippen molar-refractivity contribution in [2.24, 2.45) is 5.10 Å². The molecule has 0 aliphatic rings. The Labute approximate surface area is 190 Å². The van der Waals surface area contributed by atoms with Gasteiger partial charge in [-0.2, -0.15) is 5.10 Å². The van der Waals surface area contributed by atoms with E-state index in [9.17, 15) is 4.79 Å². The predicted octanol–water partition coefficient (Wildman–Crippen LogP) is 5.39. The van der Waals surface area contributed by atoms with E-state index in [-0.39, 0.29) is 5.76 Å². The van der Waals surface area contributed by atoms with Crippen LogP contribution in [0.15, 0.2) is 68.8 Å². The molecule has 0 spiro atoms. The molecule has 0 atom stereocenters. The van der Waals surface area contributed by atoms with Crippen LogP contribution in [0.5, 0.6) is 11.5 Å². The Morgan fingerprint density at radius 3 is 2.72 bits per heavy atom. The molecule has 3 rings (SSSR count). The second-order valence-corrected chi connectivity index (χ2v) is 7.93. The summed E-state index contributed by atoms with van der Waals surface area (Å²) in [7, 11) is 0. The minimum absolute atomic E-state index is 0.198. The lowest BCUT2D eigenvalue weighted by atomic mass is 10.2. The van der Waals surface area contributed by atoms with Crippen molar-refractivity contribution >= 4 is 50.6 Å². The van der Waals surface area contributed by atoms with Crippen LogP contribution in [0.25, 0.3) is 0 Å². The highest BCUT2D eigenvalue weighted by Gasteiger charge is 2.12. The summed E-state index contributed by atoms with van der Waals surface area (Å²) in [5, 5.41) is 3.98. The lowest BCUT2D eigenvalue weighted by molar-refractivity contribution is 0.0927. The van der Waals surface area contributed by atoms with Crippen LogP contribution in [0.4, 0.5) is 0 Å². The molecule has 0 bridgehead atoms. The van der Waals surface area contributed by atoms with Gasteiger partial charge in [0.15, 0.2) is 17.3 Å². The molecule has 2 aromatic carbocycles. The molecule has 1 amide bonds. The molecule has 0 aliphatic heterocycles. The molecular formula is C21H18BrIN2O4. The third kappa shape index (κ3) is 6.07. The van der Waals surface area contributed by atoms with Crippen molar-refractivity contribution in [3.63, 3.8) is 0 Å². The number of carbonyl (C=O) groups is 1. The zero-order chi connectivity index (χ0) is 20.6. The lowest BCUT2D eigenvalue weighted by Gasteiger charge is -2.14. The monoisotopic (exact) mass is 568 g/mol. The van der Waals surface area contributed by atoms with Crippen LogP contribution in [0, 0.1) is 3.57 Å². The number of hydrogen-bond acceptors (Lipinski definition) is 5. The van der Waals surface area contributed by atoms with Crippen LogP contribution < -0.4 is 14.9 Å². The zero-order valence-electron chi connectivity index (χ0n) is 15.5. The number of nitrogens with zero attached hydrogens (tertiary/aromatic N) is 1.